The van der Waals surface area contributed by atoms with Gasteiger partial charge in [-0.15, -0.1) is 0 Å². The Bertz CT molecular complexity index is 941. The largest absolute Gasteiger partial charge is 0.504 e. The fraction of sp³-hybridized carbons (Fsp3) is 0.0588. The van der Waals surface area contributed by atoms with Crippen molar-refractivity contribution in [3.05, 3.63) is 46.9 Å². The summed E-state index contributed by atoms with van der Waals surface area (Å²) in [4.78, 5) is 14.6. The molecule has 0 aliphatic carbocycles. The van der Waals surface area contributed by atoms with Gasteiger partial charge in [-0.2, -0.15) is 0 Å². The van der Waals surface area contributed by atoms with Crippen molar-refractivity contribution < 1.29 is 24.5 Å². The molecule has 2 aromatic rings. The second-order valence-electron chi connectivity index (χ2n) is 5.30. The lowest BCUT2D eigenvalue weighted by Crippen LogP contribution is -2.27. The molecule has 2 aliphatic rings. The minimum atomic E-state index is -0.263. The van der Waals surface area contributed by atoms with Gasteiger partial charge in [0.15, 0.2) is 27.3 Å². The van der Waals surface area contributed by atoms with Gasteiger partial charge < -0.3 is 19.7 Å². The Morgan fingerprint density at radius 1 is 1.08 bits per heavy atom. The van der Waals surface area contributed by atoms with E-state index in [1.807, 2.05) is 0 Å². The Kier molecular flexibility index (Phi) is 3.78. The number of amides is 1. The summed E-state index contributed by atoms with van der Waals surface area (Å²) >= 11 is 6.50. The van der Waals surface area contributed by atoms with E-state index in [0.717, 1.165) is 0 Å². The van der Waals surface area contributed by atoms with Crippen LogP contribution in [0.4, 0.5) is 5.69 Å². The molecule has 2 aliphatic heterocycles. The standard InChI is InChI=1S/C17H11NO5S2/c19-11-3-1-9(5-12(11)20)6-15-16(21)18(17(24)25-15)10-2-4-13-14(7-10)23-8-22-13/h1-7,19-20H,8H2/b15-6+. The number of benzene rings is 2. The van der Waals surface area contributed by atoms with E-state index in [4.69, 9.17) is 21.7 Å². The van der Waals surface area contributed by atoms with E-state index in [0.29, 0.717) is 32.0 Å². The van der Waals surface area contributed by atoms with Gasteiger partial charge in [-0.1, -0.05) is 30.0 Å². The predicted molar refractivity (Wildman–Crippen MR) is 98.0 cm³/mol. The highest BCUT2D eigenvalue weighted by Gasteiger charge is 2.34. The van der Waals surface area contributed by atoms with E-state index >= 15 is 0 Å². The van der Waals surface area contributed by atoms with Crippen LogP contribution in [-0.4, -0.2) is 27.2 Å². The lowest BCUT2D eigenvalue weighted by molar-refractivity contribution is -0.113. The second-order valence-corrected chi connectivity index (χ2v) is 6.98. The number of fused-ring (bicyclic) bond motifs is 1. The molecule has 0 spiro atoms. The Hall–Kier alpha value is -2.71. The van der Waals surface area contributed by atoms with Gasteiger partial charge in [-0.25, -0.2) is 0 Å². The van der Waals surface area contributed by atoms with Crippen molar-refractivity contribution in [2.45, 2.75) is 0 Å². The average Bonchev–Trinajstić information content (AvgIpc) is 3.15. The first-order chi connectivity index (χ1) is 12.0. The number of ether oxygens (including phenoxy) is 2. The summed E-state index contributed by atoms with van der Waals surface area (Å²) in [5.74, 6) is 0.467. The third-order valence-corrected chi connectivity index (χ3v) is 5.01. The van der Waals surface area contributed by atoms with Crippen LogP contribution in [0.25, 0.3) is 6.08 Å². The molecular weight excluding hydrogens is 362 g/mol. The Labute approximate surface area is 152 Å². The monoisotopic (exact) mass is 373 g/mol. The van der Waals surface area contributed by atoms with Gasteiger partial charge >= 0.3 is 0 Å². The summed E-state index contributed by atoms with van der Waals surface area (Å²) in [7, 11) is 0. The van der Waals surface area contributed by atoms with Gasteiger partial charge in [0.25, 0.3) is 5.91 Å². The number of thioether (sulfide) groups is 1. The van der Waals surface area contributed by atoms with E-state index < -0.39 is 0 Å². The quantitative estimate of drug-likeness (QED) is 0.475. The normalized spacial score (nSPS) is 17.6. The first-order valence-electron chi connectivity index (χ1n) is 7.22. The summed E-state index contributed by atoms with van der Waals surface area (Å²) in [5, 5.41) is 19.0. The third-order valence-electron chi connectivity index (χ3n) is 3.71. The number of rotatable bonds is 2. The lowest BCUT2D eigenvalue weighted by atomic mass is 10.2. The number of anilines is 1. The molecule has 1 amide bonds. The summed E-state index contributed by atoms with van der Waals surface area (Å²) < 4.78 is 11.0. The Balaban J connectivity index is 1.66. The number of phenols is 2. The molecule has 8 heteroatoms. The van der Waals surface area contributed by atoms with Crippen LogP contribution in [0.2, 0.25) is 0 Å². The van der Waals surface area contributed by atoms with E-state index in [2.05, 4.69) is 0 Å². The van der Waals surface area contributed by atoms with Crippen molar-refractivity contribution in [1.82, 2.24) is 0 Å². The van der Waals surface area contributed by atoms with Crippen LogP contribution in [0.1, 0.15) is 5.56 Å². The Morgan fingerprint density at radius 2 is 1.88 bits per heavy atom. The number of phenolic OH excluding ortho intramolecular Hbond substituents is 2. The van der Waals surface area contributed by atoms with E-state index in [1.165, 1.54) is 28.8 Å². The fourth-order valence-electron chi connectivity index (χ4n) is 2.50. The molecule has 0 radical (unpaired) electrons. The summed E-state index contributed by atoms with van der Waals surface area (Å²) in [6, 6.07) is 9.53. The maximum Gasteiger partial charge on any atom is 0.270 e. The van der Waals surface area contributed by atoms with Crippen molar-refractivity contribution in [2.24, 2.45) is 0 Å². The summed E-state index contributed by atoms with van der Waals surface area (Å²) in [6.07, 6.45) is 1.62. The van der Waals surface area contributed by atoms with E-state index in [9.17, 15) is 15.0 Å². The third kappa shape index (κ3) is 2.79. The molecule has 4 rings (SSSR count). The van der Waals surface area contributed by atoms with Gasteiger partial charge in [0.1, 0.15) is 0 Å². The molecule has 2 aromatic carbocycles. The predicted octanol–water partition coefficient (Wildman–Crippen LogP) is 3.23. The zero-order valence-corrected chi connectivity index (χ0v) is 14.3. The molecule has 126 valence electrons. The van der Waals surface area contributed by atoms with Crippen molar-refractivity contribution in [1.29, 1.82) is 0 Å². The van der Waals surface area contributed by atoms with Crippen molar-refractivity contribution in [2.75, 3.05) is 11.7 Å². The second kappa shape index (κ2) is 5.98. The smallest absolute Gasteiger partial charge is 0.270 e. The molecule has 6 nitrogen and oxygen atoms in total. The van der Waals surface area contributed by atoms with Crippen molar-refractivity contribution in [3.8, 4) is 23.0 Å². The fourth-order valence-corrected chi connectivity index (χ4v) is 3.80. The molecular formula is C17H11NO5S2. The highest BCUT2D eigenvalue weighted by atomic mass is 32.2. The maximum atomic E-state index is 12.7. The summed E-state index contributed by atoms with van der Waals surface area (Å²) in [6.45, 7) is 0.154. The van der Waals surface area contributed by atoms with Crippen LogP contribution in [0.3, 0.4) is 0 Å². The molecule has 0 bridgehead atoms. The van der Waals surface area contributed by atoms with E-state index in [1.54, 1.807) is 30.3 Å². The number of thiocarbonyl (C=S) groups is 1. The molecule has 2 N–H and O–H groups in total. The van der Waals surface area contributed by atoms with Crippen LogP contribution >= 0.6 is 24.0 Å². The molecule has 0 unspecified atom stereocenters. The molecule has 0 aromatic heterocycles. The van der Waals surface area contributed by atoms with Gasteiger partial charge in [-0.3, -0.25) is 9.69 Å². The van der Waals surface area contributed by atoms with Gasteiger partial charge in [0, 0.05) is 6.07 Å². The lowest BCUT2D eigenvalue weighted by Gasteiger charge is -2.14. The van der Waals surface area contributed by atoms with Crippen LogP contribution in [0.15, 0.2) is 41.3 Å². The highest BCUT2D eigenvalue weighted by Crippen LogP contribution is 2.41. The molecule has 1 saturated heterocycles. The number of carbonyl (C=O) groups excluding carboxylic acids is 1. The average molecular weight is 373 g/mol. The molecule has 25 heavy (non-hydrogen) atoms. The number of nitrogens with zero attached hydrogens (tertiary/aromatic N) is 1. The molecule has 0 atom stereocenters. The SMILES string of the molecule is O=C1/C(=C\c2ccc(O)c(O)c2)SC(=S)N1c1ccc2c(c1)OCO2. The number of carbonyl (C=O) groups is 1. The van der Waals surface area contributed by atoms with Crippen molar-refractivity contribution in [3.63, 3.8) is 0 Å². The first-order valence-corrected chi connectivity index (χ1v) is 8.45. The minimum Gasteiger partial charge on any atom is -0.504 e. The van der Waals surface area contributed by atoms with Gasteiger partial charge in [0.2, 0.25) is 6.79 Å². The number of hydrogen-bond donors (Lipinski definition) is 2. The van der Waals surface area contributed by atoms with E-state index in [-0.39, 0.29) is 24.2 Å². The first kappa shape index (κ1) is 15.8. The summed E-state index contributed by atoms with van der Waals surface area (Å²) in [5.41, 5.74) is 1.19. The zero-order valence-electron chi connectivity index (χ0n) is 12.6. The maximum absolute atomic E-state index is 12.7. The highest BCUT2D eigenvalue weighted by molar-refractivity contribution is 8.27. The van der Waals surface area contributed by atoms with Gasteiger partial charge in [0.05, 0.1) is 10.6 Å². The number of hydrogen-bond acceptors (Lipinski definition) is 7. The zero-order chi connectivity index (χ0) is 17.6. The molecule has 2 heterocycles. The van der Waals surface area contributed by atoms with Crippen molar-refractivity contribution >= 4 is 46.0 Å². The number of aromatic hydroxyl groups is 2. The van der Waals surface area contributed by atoms with Crippen LogP contribution in [-0.2, 0) is 4.79 Å². The molecule has 1 fully saturated rings. The van der Waals surface area contributed by atoms with Gasteiger partial charge in [-0.05, 0) is 35.9 Å². The van der Waals surface area contributed by atoms with Crippen LogP contribution in [0, 0.1) is 0 Å². The topological polar surface area (TPSA) is 79.2 Å². The van der Waals surface area contributed by atoms with Crippen LogP contribution in [0.5, 0.6) is 23.0 Å². The molecule has 0 saturated carbocycles. The Morgan fingerprint density at radius 3 is 2.68 bits per heavy atom. The van der Waals surface area contributed by atoms with Crippen LogP contribution < -0.4 is 14.4 Å². The minimum absolute atomic E-state index is 0.154.